The van der Waals surface area contributed by atoms with Crippen molar-refractivity contribution in [3.05, 3.63) is 47.5 Å². The zero-order valence-electron chi connectivity index (χ0n) is 34.3. The fraction of sp³-hybridized carbons (Fsp3) is 0.702. The van der Waals surface area contributed by atoms with Crippen molar-refractivity contribution in [1.29, 1.82) is 0 Å². The number of phenolic OH excluding ortho intramolecular Hbond substituents is 2. The Kier molecular flexibility index (Phi) is 28.2. The molecule has 0 saturated carbocycles. The molecule has 0 bridgehead atoms. The average molecular weight is 735 g/mol. The van der Waals surface area contributed by atoms with E-state index in [0.29, 0.717) is 42.4 Å². The van der Waals surface area contributed by atoms with Crippen molar-refractivity contribution in [2.75, 3.05) is 19.8 Å². The Labute approximate surface area is 325 Å². The van der Waals surface area contributed by atoms with Gasteiger partial charge in [-0.05, 0) is 44.0 Å². The summed E-state index contributed by atoms with van der Waals surface area (Å²) in [5, 5.41) is 21.0. The van der Waals surface area contributed by atoms with Gasteiger partial charge in [0.05, 0.1) is 25.8 Å². The second-order valence-electron chi connectivity index (χ2n) is 15.2. The first-order valence-electron chi connectivity index (χ1n) is 22.0. The zero-order chi connectivity index (χ0) is 38.0. The molecular formula is C47H78N2O4. The van der Waals surface area contributed by atoms with Gasteiger partial charge in [-0.1, -0.05) is 168 Å². The van der Waals surface area contributed by atoms with Gasteiger partial charge in [-0.25, -0.2) is 0 Å². The monoisotopic (exact) mass is 735 g/mol. The van der Waals surface area contributed by atoms with Crippen molar-refractivity contribution < 1.29 is 19.7 Å². The molecule has 2 N–H and O–H groups in total. The summed E-state index contributed by atoms with van der Waals surface area (Å²) >= 11 is 0. The van der Waals surface area contributed by atoms with Gasteiger partial charge in [0.15, 0.2) is 0 Å². The number of phenols is 2. The second-order valence-corrected chi connectivity index (χ2v) is 15.2. The lowest BCUT2D eigenvalue weighted by molar-refractivity contribution is 0.302. The van der Waals surface area contributed by atoms with Gasteiger partial charge in [0.25, 0.3) is 0 Å². The molecule has 6 heteroatoms. The summed E-state index contributed by atoms with van der Waals surface area (Å²) in [6, 6.07) is 10.7. The number of hydrogen-bond acceptors (Lipinski definition) is 6. The number of hydrogen-bond donors (Lipinski definition) is 2. The molecule has 2 rings (SSSR count). The molecule has 0 amide bonds. The van der Waals surface area contributed by atoms with E-state index >= 15 is 0 Å². The van der Waals surface area contributed by atoms with Crippen LogP contribution in [0, 0.1) is 0 Å². The van der Waals surface area contributed by atoms with Crippen molar-refractivity contribution in [3.8, 4) is 23.0 Å². The average Bonchev–Trinajstić information content (AvgIpc) is 3.15. The Hall–Kier alpha value is -3.02. The molecule has 53 heavy (non-hydrogen) atoms. The molecule has 0 aliphatic rings. The second kappa shape index (κ2) is 32.4. The first-order chi connectivity index (χ1) is 26.0. The molecule has 2 aromatic rings. The number of ether oxygens (including phenoxy) is 2. The summed E-state index contributed by atoms with van der Waals surface area (Å²) < 4.78 is 11.8. The van der Waals surface area contributed by atoms with Crippen LogP contribution in [0.15, 0.2) is 46.4 Å². The van der Waals surface area contributed by atoms with E-state index < -0.39 is 0 Å². The van der Waals surface area contributed by atoms with Crippen LogP contribution in [0.4, 0.5) is 0 Å². The Morgan fingerprint density at radius 2 is 0.830 bits per heavy atom. The van der Waals surface area contributed by atoms with E-state index in [2.05, 4.69) is 23.8 Å². The first-order valence-corrected chi connectivity index (χ1v) is 22.0. The minimum absolute atomic E-state index is 0.0813. The van der Waals surface area contributed by atoms with Gasteiger partial charge in [-0.3, -0.25) is 9.98 Å². The quantitative estimate of drug-likeness (QED) is 0.0545. The van der Waals surface area contributed by atoms with Crippen LogP contribution in [0.3, 0.4) is 0 Å². The van der Waals surface area contributed by atoms with Crippen LogP contribution in [0.2, 0.25) is 0 Å². The van der Waals surface area contributed by atoms with Crippen molar-refractivity contribution in [3.63, 3.8) is 0 Å². The van der Waals surface area contributed by atoms with Gasteiger partial charge >= 0.3 is 0 Å². The van der Waals surface area contributed by atoms with Gasteiger partial charge in [0.2, 0.25) is 0 Å². The summed E-state index contributed by atoms with van der Waals surface area (Å²) in [6.45, 7) is 8.34. The number of aromatic hydroxyl groups is 2. The third kappa shape index (κ3) is 24.8. The number of benzene rings is 2. The Balaban J connectivity index is 1.53. The summed E-state index contributed by atoms with van der Waals surface area (Å²) in [4.78, 5) is 9.05. The number of rotatable bonds is 35. The fourth-order valence-electron chi connectivity index (χ4n) is 6.62. The summed E-state index contributed by atoms with van der Waals surface area (Å²) in [5.74, 6) is 1.70. The third-order valence-electron chi connectivity index (χ3n) is 10.1. The molecular weight excluding hydrogens is 657 g/mol. The summed E-state index contributed by atoms with van der Waals surface area (Å²) in [5.41, 5.74) is 1.31. The molecule has 300 valence electrons. The van der Waals surface area contributed by atoms with Crippen LogP contribution in [-0.2, 0) is 0 Å². The third-order valence-corrected chi connectivity index (χ3v) is 10.1. The van der Waals surface area contributed by atoms with Crippen molar-refractivity contribution in [2.45, 2.75) is 194 Å². The van der Waals surface area contributed by atoms with E-state index in [-0.39, 0.29) is 17.5 Å². The summed E-state index contributed by atoms with van der Waals surface area (Å²) in [7, 11) is 0. The van der Waals surface area contributed by atoms with Gasteiger partial charge < -0.3 is 19.7 Å². The lowest BCUT2D eigenvalue weighted by atomic mass is 10.0. The summed E-state index contributed by atoms with van der Waals surface area (Å²) in [6.07, 6.45) is 37.9. The lowest BCUT2D eigenvalue weighted by Gasteiger charge is -2.09. The van der Waals surface area contributed by atoms with E-state index in [1.165, 1.54) is 154 Å². The van der Waals surface area contributed by atoms with Crippen LogP contribution in [0.5, 0.6) is 23.0 Å². The maximum atomic E-state index is 10.5. The molecule has 0 fully saturated rings. The van der Waals surface area contributed by atoms with Crippen molar-refractivity contribution in [1.82, 2.24) is 0 Å². The fourth-order valence-corrected chi connectivity index (χ4v) is 6.62. The number of unbranched alkanes of at least 4 members (excludes halogenated alkanes) is 24. The van der Waals surface area contributed by atoms with Crippen LogP contribution >= 0.6 is 0 Å². The molecule has 6 nitrogen and oxygen atoms in total. The molecule has 0 aliphatic heterocycles. The van der Waals surface area contributed by atoms with Gasteiger partial charge in [-0.15, -0.1) is 0 Å². The van der Waals surface area contributed by atoms with E-state index in [9.17, 15) is 10.2 Å². The van der Waals surface area contributed by atoms with Gasteiger partial charge in [0, 0.05) is 35.7 Å². The van der Waals surface area contributed by atoms with Crippen molar-refractivity contribution in [2.24, 2.45) is 9.98 Å². The molecule has 0 heterocycles. The van der Waals surface area contributed by atoms with Crippen LogP contribution in [-0.4, -0.2) is 48.4 Å². The minimum Gasteiger partial charge on any atom is -0.507 e. The smallest absolute Gasteiger partial charge is 0.128 e. The molecule has 0 aliphatic carbocycles. The highest BCUT2D eigenvalue weighted by atomic mass is 16.5. The maximum absolute atomic E-state index is 10.5. The van der Waals surface area contributed by atoms with Gasteiger partial charge in [-0.2, -0.15) is 0 Å². The van der Waals surface area contributed by atoms with Gasteiger partial charge in [0.1, 0.15) is 23.0 Å². The van der Waals surface area contributed by atoms with Crippen molar-refractivity contribution >= 4 is 12.4 Å². The normalized spacial score (nSPS) is 12.3. The largest absolute Gasteiger partial charge is 0.507 e. The minimum atomic E-state index is -0.0813. The van der Waals surface area contributed by atoms with E-state index in [1.807, 2.05) is 31.2 Å². The van der Waals surface area contributed by atoms with Crippen LogP contribution in [0.25, 0.3) is 0 Å². The lowest BCUT2D eigenvalue weighted by Crippen LogP contribution is -2.04. The number of aliphatic imine (C=N–C) groups is 2. The first kappa shape index (κ1) is 46.1. The predicted molar refractivity (Wildman–Crippen MR) is 228 cm³/mol. The standard InChI is InChI=1S/C47H78N2O4/c1-4-6-8-10-12-14-16-18-20-22-24-26-28-34-52-44-32-30-42(46(50)36-44)39-48-38-41(3)49-40-43-31-33-45(37-47(43)51)53-35-29-27-25-23-21-19-17-15-13-11-9-7-5-2/h30-33,36-37,39-41,50-51H,4-29,34-35,38H2,1-3H3/t41-/m0/s1. The van der Waals surface area contributed by atoms with E-state index in [1.54, 1.807) is 24.6 Å². The number of nitrogens with zero attached hydrogens (tertiary/aromatic N) is 2. The molecule has 0 unspecified atom stereocenters. The topological polar surface area (TPSA) is 83.6 Å². The predicted octanol–water partition coefficient (Wildman–Crippen LogP) is 14.0. The Morgan fingerprint density at radius 3 is 1.19 bits per heavy atom. The maximum Gasteiger partial charge on any atom is 0.128 e. The molecule has 2 aromatic carbocycles. The van der Waals surface area contributed by atoms with E-state index in [0.717, 1.165) is 12.8 Å². The highest BCUT2D eigenvalue weighted by molar-refractivity contribution is 5.84. The Morgan fingerprint density at radius 1 is 0.491 bits per heavy atom. The highest BCUT2D eigenvalue weighted by Gasteiger charge is 2.05. The SMILES string of the molecule is CCCCCCCCCCCCCCCOc1ccc(C=NC[C@H](C)N=Cc2ccc(OCCCCCCCCCCCCCCC)cc2O)c(O)c1. The van der Waals surface area contributed by atoms with E-state index in [4.69, 9.17) is 9.47 Å². The zero-order valence-corrected chi connectivity index (χ0v) is 34.3. The Bertz CT molecular complexity index is 1210. The molecule has 0 saturated heterocycles. The van der Waals surface area contributed by atoms with Crippen LogP contribution in [0.1, 0.15) is 199 Å². The highest BCUT2D eigenvalue weighted by Crippen LogP contribution is 2.24. The molecule has 1 atom stereocenters. The molecule has 0 radical (unpaired) electrons. The van der Waals surface area contributed by atoms with Crippen LogP contribution < -0.4 is 9.47 Å². The molecule has 0 aromatic heterocycles. The molecule has 0 spiro atoms.